The summed E-state index contributed by atoms with van der Waals surface area (Å²) >= 11 is 0.973. The largest absolute Gasteiger partial charge is 0.481 e. The Morgan fingerprint density at radius 3 is 2.79 bits per heavy atom. The molecular weight excluding hydrogens is 286 g/mol. The Bertz CT molecular complexity index is 569. The number of sulfonamides is 1. The van der Waals surface area contributed by atoms with Crippen molar-refractivity contribution in [1.29, 1.82) is 0 Å². The van der Waals surface area contributed by atoms with E-state index in [9.17, 15) is 13.2 Å². The summed E-state index contributed by atoms with van der Waals surface area (Å²) in [7, 11) is -3.54. The number of carboxylic acids is 1. The van der Waals surface area contributed by atoms with Crippen LogP contribution in [0.2, 0.25) is 0 Å². The summed E-state index contributed by atoms with van der Waals surface area (Å²) in [5.41, 5.74) is 0. The average Bonchev–Trinajstić information content (AvgIpc) is 2.77. The molecule has 0 unspecified atom stereocenters. The van der Waals surface area contributed by atoms with Gasteiger partial charge in [-0.1, -0.05) is 0 Å². The molecule has 7 heteroatoms. The van der Waals surface area contributed by atoms with Gasteiger partial charge in [0.25, 0.3) is 0 Å². The normalized spacial score (nSPS) is 11.1. The fraction of sp³-hybridized carbons (Fsp3) is 0.417. The molecule has 0 aliphatic carbocycles. The monoisotopic (exact) mass is 301 g/mol. The third kappa shape index (κ3) is 5.42. The maximum atomic E-state index is 11.9. The second-order valence-corrected chi connectivity index (χ2v) is 7.01. The first-order valence-corrected chi connectivity index (χ1v) is 7.99. The van der Waals surface area contributed by atoms with Gasteiger partial charge in [0.15, 0.2) is 0 Å². The van der Waals surface area contributed by atoms with Crippen LogP contribution in [0.1, 0.15) is 24.1 Å². The van der Waals surface area contributed by atoms with E-state index in [1.54, 1.807) is 0 Å². The number of hydrogen-bond acceptors (Lipinski definition) is 4. The van der Waals surface area contributed by atoms with Crippen molar-refractivity contribution in [2.45, 2.75) is 29.9 Å². The van der Waals surface area contributed by atoms with E-state index >= 15 is 0 Å². The Morgan fingerprint density at radius 2 is 2.16 bits per heavy atom. The molecule has 0 spiro atoms. The third-order valence-electron chi connectivity index (χ3n) is 2.27. The van der Waals surface area contributed by atoms with Crippen LogP contribution < -0.4 is 4.72 Å². The molecule has 0 aliphatic rings. The van der Waals surface area contributed by atoms with E-state index in [-0.39, 0.29) is 10.6 Å². The first kappa shape index (κ1) is 15.7. The number of unbranched alkanes of at least 4 members (excludes halogenated alkanes) is 2. The predicted octanol–water partition coefficient (Wildman–Crippen LogP) is 1.46. The minimum atomic E-state index is -3.54. The Kier molecular flexibility index (Phi) is 6.02. The van der Waals surface area contributed by atoms with E-state index in [0.29, 0.717) is 24.3 Å². The molecule has 0 saturated carbocycles. The highest BCUT2D eigenvalue weighted by Gasteiger charge is 2.16. The highest BCUT2D eigenvalue weighted by atomic mass is 32.2. The molecule has 2 N–H and O–H groups in total. The maximum absolute atomic E-state index is 11.9. The lowest BCUT2D eigenvalue weighted by Crippen LogP contribution is -2.23. The molecule has 1 aromatic heterocycles. The zero-order chi connectivity index (χ0) is 14.3. The van der Waals surface area contributed by atoms with Gasteiger partial charge in [-0.25, -0.2) is 13.1 Å². The number of carboxylic acid groups (broad SMARTS) is 1. The second-order valence-electron chi connectivity index (χ2n) is 3.85. The van der Waals surface area contributed by atoms with Gasteiger partial charge in [0.1, 0.15) is 4.21 Å². The lowest BCUT2D eigenvalue weighted by molar-refractivity contribution is -0.136. The molecule has 1 heterocycles. The molecule has 19 heavy (non-hydrogen) atoms. The summed E-state index contributed by atoms with van der Waals surface area (Å²) in [4.78, 5) is 11.0. The lowest BCUT2D eigenvalue weighted by atomic mass is 10.2. The summed E-state index contributed by atoms with van der Waals surface area (Å²) in [6.45, 7) is 0.330. The number of aliphatic carboxylic acids is 1. The van der Waals surface area contributed by atoms with Crippen LogP contribution in [0, 0.1) is 12.3 Å². The van der Waals surface area contributed by atoms with Gasteiger partial charge < -0.3 is 5.11 Å². The highest BCUT2D eigenvalue weighted by molar-refractivity contribution is 7.91. The van der Waals surface area contributed by atoms with Crippen LogP contribution in [0.25, 0.3) is 0 Å². The van der Waals surface area contributed by atoms with Crippen LogP contribution in [0.15, 0.2) is 16.3 Å². The zero-order valence-corrected chi connectivity index (χ0v) is 11.9. The number of carbonyl (C=O) groups is 1. The topological polar surface area (TPSA) is 83.5 Å². The summed E-state index contributed by atoms with van der Waals surface area (Å²) < 4.78 is 26.4. The number of terminal acetylenes is 1. The first-order valence-electron chi connectivity index (χ1n) is 5.69. The Morgan fingerprint density at radius 1 is 1.42 bits per heavy atom. The average molecular weight is 301 g/mol. The van der Waals surface area contributed by atoms with Crippen molar-refractivity contribution >= 4 is 27.3 Å². The van der Waals surface area contributed by atoms with E-state index in [4.69, 9.17) is 11.5 Å². The van der Waals surface area contributed by atoms with Crippen LogP contribution in [0.4, 0.5) is 0 Å². The fourth-order valence-electron chi connectivity index (χ4n) is 1.38. The van der Waals surface area contributed by atoms with Gasteiger partial charge in [-0.3, -0.25) is 4.79 Å². The van der Waals surface area contributed by atoms with Crippen LogP contribution in [0.5, 0.6) is 0 Å². The molecule has 0 aliphatic heterocycles. The zero-order valence-electron chi connectivity index (χ0n) is 10.3. The smallest absolute Gasteiger partial charge is 0.308 e. The van der Waals surface area contributed by atoms with E-state index in [2.05, 4.69) is 10.6 Å². The molecule has 1 rings (SSSR count). The van der Waals surface area contributed by atoms with E-state index in [0.717, 1.165) is 17.8 Å². The minimum Gasteiger partial charge on any atom is -0.481 e. The van der Waals surface area contributed by atoms with Crippen LogP contribution >= 0.6 is 11.3 Å². The number of nitrogens with one attached hydrogen (secondary N) is 1. The van der Waals surface area contributed by atoms with Crippen LogP contribution in [-0.4, -0.2) is 26.0 Å². The Labute approximate surface area is 116 Å². The van der Waals surface area contributed by atoms with E-state index < -0.39 is 16.0 Å². The SMILES string of the molecule is C#CCCCCNS(=O)(=O)c1ccc(CC(=O)O)s1. The minimum absolute atomic E-state index is 0.140. The lowest BCUT2D eigenvalue weighted by Gasteiger charge is -2.03. The van der Waals surface area contributed by atoms with Gasteiger partial charge in [0.2, 0.25) is 10.0 Å². The number of thiophene rings is 1. The Balaban J connectivity index is 2.55. The third-order valence-corrected chi connectivity index (χ3v) is 5.31. The molecule has 0 saturated heterocycles. The van der Waals surface area contributed by atoms with Crippen molar-refractivity contribution in [3.8, 4) is 12.3 Å². The molecule has 0 atom stereocenters. The van der Waals surface area contributed by atoms with Gasteiger partial charge in [-0.2, -0.15) is 0 Å². The molecule has 0 radical (unpaired) electrons. The number of hydrogen-bond donors (Lipinski definition) is 2. The standard InChI is InChI=1S/C12H15NO4S2/c1-2-3-4-5-8-13-19(16,17)12-7-6-10(18-12)9-11(14)15/h1,6-7,13H,3-5,8-9H2,(H,14,15). The maximum Gasteiger partial charge on any atom is 0.308 e. The molecule has 1 aromatic rings. The molecule has 104 valence electrons. The van der Waals surface area contributed by atoms with Gasteiger partial charge in [0.05, 0.1) is 6.42 Å². The molecule has 0 aromatic carbocycles. The summed E-state index contributed by atoms with van der Waals surface area (Å²) in [6, 6.07) is 2.94. The van der Waals surface area contributed by atoms with Crippen LogP contribution in [-0.2, 0) is 21.2 Å². The summed E-state index contributed by atoms with van der Waals surface area (Å²) in [6.07, 6.45) is 7.01. The first-order chi connectivity index (χ1) is 8.95. The second kappa shape index (κ2) is 7.28. The van der Waals surface area contributed by atoms with E-state index in [1.165, 1.54) is 12.1 Å². The van der Waals surface area contributed by atoms with Crippen molar-refractivity contribution in [2.75, 3.05) is 6.54 Å². The summed E-state index contributed by atoms with van der Waals surface area (Å²) in [5, 5.41) is 8.63. The van der Waals surface area contributed by atoms with Gasteiger partial charge in [-0.15, -0.1) is 23.7 Å². The molecule has 0 bridgehead atoms. The van der Waals surface area contributed by atoms with Gasteiger partial charge in [-0.05, 0) is 25.0 Å². The van der Waals surface area contributed by atoms with Crippen molar-refractivity contribution in [1.82, 2.24) is 4.72 Å². The Hall–Kier alpha value is -1.36. The summed E-state index contributed by atoms with van der Waals surface area (Å²) in [5.74, 6) is 1.51. The number of rotatable bonds is 8. The van der Waals surface area contributed by atoms with Crippen molar-refractivity contribution < 1.29 is 18.3 Å². The van der Waals surface area contributed by atoms with Gasteiger partial charge in [0, 0.05) is 17.8 Å². The van der Waals surface area contributed by atoms with Gasteiger partial charge >= 0.3 is 5.97 Å². The van der Waals surface area contributed by atoms with Crippen LogP contribution in [0.3, 0.4) is 0 Å². The molecule has 0 fully saturated rings. The quantitative estimate of drug-likeness (QED) is 0.562. The molecular formula is C12H15NO4S2. The van der Waals surface area contributed by atoms with E-state index in [1.807, 2.05) is 0 Å². The van der Waals surface area contributed by atoms with Crippen molar-refractivity contribution in [3.05, 3.63) is 17.0 Å². The highest BCUT2D eigenvalue weighted by Crippen LogP contribution is 2.21. The molecule has 0 amide bonds. The van der Waals surface area contributed by atoms with Crippen molar-refractivity contribution in [2.24, 2.45) is 0 Å². The fourth-order valence-corrected chi connectivity index (χ4v) is 3.84. The van der Waals surface area contributed by atoms with Crippen molar-refractivity contribution in [3.63, 3.8) is 0 Å². The predicted molar refractivity (Wildman–Crippen MR) is 73.5 cm³/mol. The molecule has 5 nitrogen and oxygen atoms in total.